The molecular weight excluding hydrogens is 266 g/mol. The number of aromatic nitrogens is 1. The largest absolute Gasteiger partial charge is 0.336 e. The van der Waals surface area contributed by atoms with Crippen molar-refractivity contribution in [2.45, 2.75) is 24.1 Å². The van der Waals surface area contributed by atoms with Crippen LogP contribution in [0.15, 0.2) is 9.72 Å². The number of thiazole rings is 1. The van der Waals surface area contributed by atoms with Crippen LogP contribution in [0.25, 0.3) is 0 Å². The molecule has 0 aliphatic carbocycles. The van der Waals surface area contributed by atoms with Gasteiger partial charge in [-0.2, -0.15) is 5.26 Å². The summed E-state index contributed by atoms with van der Waals surface area (Å²) >= 11 is 3.03. The van der Waals surface area contributed by atoms with E-state index in [2.05, 4.69) is 11.1 Å². The Labute approximate surface area is 115 Å². The van der Waals surface area contributed by atoms with E-state index in [9.17, 15) is 4.79 Å². The second-order valence-corrected chi connectivity index (χ2v) is 6.62. The van der Waals surface area contributed by atoms with E-state index < -0.39 is 5.41 Å². The minimum Gasteiger partial charge on any atom is -0.336 e. The number of thioether (sulfide) groups is 1. The average Bonchev–Trinajstić information content (AvgIpc) is 2.86. The molecule has 18 heavy (non-hydrogen) atoms. The van der Waals surface area contributed by atoms with Crippen LogP contribution in [-0.2, 0) is 0 Å². The molecule has 96 valence electrons. The maximum Gasteiger partial charge on any atom is 0.273 e. The third-order valence-corrected chi connectivity index (χ3v) is 4.99. The summed E-state index contributed by atoms with van der Waals surface area (Å²) in [7, 11) is 0. The van der Waals surface area contributed by atoms with Crippen LogP contribution in [0.3, 0.4) is 0 Å². The molecule has 0 radical (unpaired) electrons. The summed E-state index contributed by atoms with van der Waals surface area (Å²) in [6.07, 6.45) is 3.69. The summed E-state index contributed by atoms with van der Waals surface area (Å²) in [6.45, 7) is 3.15. The number of rotatable bonds is 2. The van der Waals surface area contributed by atoms with Gasteiger partial charge in [-0.1, -0.05) is 11.8 Å². The second-order valence-electron chi connectivity index (χ2n) is 4.71. The number of hydrogen-bond acceptors (Lipinski definition) is 5. The summed E-state index contributed by atoms with van der Waals surface area (Å²) in [6, 6.07) is 2.32. The smallest absolute Gasteiger partial charge is 0.273 e. The van der Waals surface area contributed by atoms with Gasteiger partial charge in [0.15, 0.2) is 0 Å². The highest BCUT2D eigenvalue weighted by atomic mass is 32.2. The SMILES string of the molecule is CSc1nc(C(=O)N2CCCC(C)(C#N)C2)cs1. The summed E-state index contributed by atoms with van der Waals surface area (Å²) in [5.41, 5.74) is 0.0956. The van der Waals surface area contributed by atoms with Gasteiger partial charge in [-0.3, -0.25) is 4.79 Å². The minimum atomic E-state index is -0.410. The summed E-state index contributed by atoms with van der Waals surface area (Å²) in [5, 5.41) is 11.0. The summed E-state index contributed by atoms with van der Waals surface area (Å²) in [5.74, 6) is -0.0484. The Hall–Kier alpha value is -1.06. The van der Waals surface area contributed by atoms with Gasteiger partial charge in [0.2, 0.25) is 0 Å². The third-order valence-electron chi connectivity index (χ3n) is 3.13. The number of carbonyl (C=O) groups excluding carboxylic acids is 1. The number of carbonyl (C=O) groups is 1. The van der Waals surface area contributed by atoms with Gasteiger partial charge in [0.1, 0.15) is 10.0 Å². The molecule has 1 aromatic rings. The molecular formula is C12H15N3OS2. The van der Waals surface area contributed by atoms with Crippen LogP contribution < -0.4 is 0 Å². The molecule has 0 N–H and O–H groups in total. The van der Waals surface area contributed by atoms with Crippen molar-refractivity contribution >= 4 is 29.0 Å². The van der Waals surface area contributed by atoms with E-state index >= 15 is 0 Å². The molecule has 0 saturated carbocycles. The second kappa shape index (κ2) is 5.29. The van der Waals surface area contributed by atoms with Crippen molar-refractivity contribution in [3.8, 4) is 6.07 Å². The number of piperidine rings is 1. The molecule has 2 heterocycles. The van der Waals surface area contributed by atoms with Gasteiger partial charge in [0.25, 0.3) is 5.91 Å². The van der Waals surface area contributed by atoms with Crippen molar-refractivity contribution in [1.29, 1.82) is 5.26 Å². The fourth-order valence-corrected chi connectivity index (χ4v) is 3.35. The van der Waals surface area contributed by atoms with Crippen LogP contribution in [0, 0.1) is 16.7 Å². The maximum atomic E-state index is 12.3. The van der Waals surface area contributed by atoms with E-state index in [1.165, 1.54) is 11.3 Å². The Kier molecular flexibility index (Phi) is 3.93. The first-order valence-corrected chi connectivity index (χ1v) is 7.88. The van der Waals surface area contributed by atoms with Gasteiger partial charge >= 0.3 is 0 Å². The fourth-order valence-electron chi connectivity index (χ4n) is 2.12. The Morgan fingerprint density at radius 2 is 2.50 bits per heavy atom. The Bertz CT molecular complexity index is 494. The predicted molar refractivity (Wildman–Crippen MR) is 72.8 cm³/mol. The van der Waals surface area contributed by atoms with Crippen molar-refractivity contribution < 1.29 is 4.79 Å². The Balaban J connectivity index is 2.12. The van der Waals surface area contributed by atoms with Crippen LogP contribution in [-0.4, -0.2) is 35.1 Å². The topological polar surface area (TPSA) is 57.0 Å². The lowest BCUT2D eigenvalue weighted by Crippen LogP contribution is -2.44. The molecule has 0 bridgehead atoms. The molecule has 1 fully saturated rings. The zero-order chi connectivity index (χ0) is 13.2. The quantitative estimate of drug-likeness (QED) is 0.782. The molecule has 1 aliphatic heterocycles. The third kappa shape index (κ3) is 2.68. The minimum absolute atomic E-state index is 0.0484. The molecule has 2 rings (SSSR count). The molecule has 1 unspecified atom stereocenters. The molecule has 1 aliphatic rings. The van der Waals surface area contributed by atoms with Crippen molar-refractivity contribution in [2.75, 3.05) is 19.3 Å². The van der Waals surface area contributed by atoms with Gasteiger partial charge in [0, 0.05) is 18.5 Å². The Morgan fingerprint density at radius 1 is 1.72 bits per heavy atom. The number of amides is 1. The molecule has 6 heteroatoms. The first-order valence-electron chi connectivity index (χ1n) is 5.78. The van der Waals surface area contributed by atoms with Crippen LogP contribution in [0.5, 0.6) is 0 Å². The Morgan fingerprint density at radius 3 is 3.11 bits per heavy atom. The van der Waals surface area contributed by atoms with Crippen molar-refractivity contribution in [2.24, 2.45) is 5.41 Å². The maximum absolute atomic E-state index is 12.3. The van der Waals surface area contributed by atoms with Gasteiger partial charge in [-0.05, 0) is 26.0 Å². The van der Waals surface area contributed by atoms with Crippen LogP contribution >= 0.6 is 23.1 Å². The molecule has 1 saturated heterocycles. The van der Waals surface area contributed by atoms with Gasteiger partial charge in [0.05, 0.1) is 11.5 Å². The number of hydrogen-bond donors (Lipinski definition) is 0. The van der Waals surface area contributed by atoms with E-state index in [4.69, 9.17) is 5.26 Å². The molecule has 1 aromatic heterocycles. The van der Waals surface area contributed by atoms with E-state index in [-0.39, 0.29) is 5.91 Å². The molecule has 4 nitrogen and oxygen atoms in total. The number of nitrogens with zero attached hydrogens (tertiary/aromatic N) is 3. The lowest BCUT2D eigenvalue weighted by molar-refractivity contribution is 0.0624. The average molecular weight is 281 g/mol. The van der Waals surface area contributed by atoms with Gasteiger partial charge < -0.3 is 4.90 Å². The molecule has 1 amide bonds. The highest BCUT2D eigenvalue weighted by molar-refractivity contribution is 8.00. The lowest BCUT2D eigenvalue weighted by atomic mass is 9.83. The predicted octanol–water partition coefficient (Wildman–Crippen LogP) is 2.63. The fraction of sp³-hybridized carbons (Fsp3) is 0.583. The normalized spacial score (nSPS) is 23.7. The monoisotopic (exact) mass is 281 g/mol. The van der Waals surface area contributed by atoms with Crippen LogP contribution in [0.2, 0.25) is 0 Å². The zero-order valence-corrected chi connectivity index (χ0v) is 12.1. The van der Waals surface area contributed by atoms with Crippen molar-refractivity contribution in [3.63, 3.8) is 0 Å². The number of nitriles is 1. The highest BCUT2D eigenvalue weighted by Crippen LogP contribution is 2.29. The zero-order valence-electron chi connectivity index (χ0n) is 10.5. The molecule has 0 aromatic carbocycles. The van der Waals surface area contributed by atoms with Gasteiger partial charge in [-0.25, -0.2) is 4.98 Å². The summed E-state index contributed by atoms with van der Waals surface area (Å²) < 4.78 is 0.901. The summed E-state index contributed by atoms with van der Waals surface area (Å²) in [4.78, 5) is 18.3. The standard InChI is InChI=1S/C12H15N3OS2/c1-12(7-13)4-3-5-15(8-12)10(16)9-6-18-11(14-9)17-2/h6H,3-5,8H2,1-2H3. The van der Waals surface area contributed by atoms with Crippen molar-refractivity contribution in [1.82, 2.24) is 9.88 Å². The molecule has 1 atom stereocenters. The first kappa shape index (κ1) is 13.4. The van der Waals surface area contributed by atoms with E-state index in [1.54, 1.807) is 22.0 Å². The van der Waals surface area contributed by atoms with Crippen LogP contribution in [0.1, 0.15) is 30.3 Å². The van der Waals surface area contributed by atoms with Crippen LogP contribution in [0.4, 0.5) is 0 Å². The highest BCUT2D eigenvalue weighted by Gasteiger charge is 2.34. The van der Waals surface area contributed by atoms with Gasteiger partial charge in [-0.15, -0.1) is 11.3 Å². The first-order chi connectivity index (χ1) is 8.58. The van der Waals surface area contributed by atoms with E-state index in [1.807, 2.05) is 13.2 Å². The van der Waals surface area contributed by atoms with E-state index in [0.717, 1.165) is 23.7 Å². The number of likely N-dealkylation sites (tertiary alicyclic amines) is 1. The molecule has 0 spiro atoms. The van der Waals surface area contributed by atoms with Crippen molar-refractivity contribution in [3.05, 3.63) is 11.1 Å². The van der Waals surface area contributed by atoms with E-state index in [0.29, 0.717) is 12.2 Å². The lowest BCUT2D eigenvalue weighted by Gasteiger charge is -2.35.